The maximum Gasteiger partial charge on any atom is 0.239 e. The van der Waals surface area contributed by atoms with E-state index >= 15 is 0 Å². The van der Waals surface area contributed by atoms with Gasteiger partial charge in [0.15, 0.2) is 5.82 Å². The highest BCUT2D eigenvalue weighted by Crippen LogP contribution is 2.10. The van der Waals surface area contributed by atoms with Crippen LogP contribution in [0.4, 0.5) is 0 Å². The number of rotatable bonds is 3. The van der Waals surface area contributed by atoms with Crippen LogP contribution in [0.3, 0.4) is 0 Å². The van der Waals surface area contributed by atoms with Gasteiger partial charge in [0.1, 0.15) is 6.33 Å². The summed E-state index contributed by atoms with van der Waals surface area (Å²) < 4.78 is 5.07. The lowest BCUT2D eigenvalue weighted by atomic mass is 10.1. The van der Waals surface area contributed by atoms with Gasteiger partial charge in [-0.15, -0.1) is 0 Å². The molecule has 0 spiro atoms. The Labute approximate surface area is 101 Å². The van der Waals surface area contributed by atoms with Crippen LogP contribution >= 0.6 is 0 Å². The first kappa shape index (κ1) is 10.8. The van der Waals surface area contributed by atoms with Crippen LogP contribution < -0.4 is 10.6 Å². The molecule has 0 aliphatic carbocycles. The molecule has 0 saturated carbocycles. The van der Waals surface area contributed by atoms with Crippen molar-refractivity contribution in [3.63, 3.8) is 0 Å². The summed E-state index contributed by atoms with van der Waals surface area (Å²) in [5.41, 5.74) is 0. The van der Waals surface area contributed by atoms with Gasteiger partial charge in [-0.1, -0.05) is 5.16 Å². The summed E-state index contributed by atoms with van der Waals surface area (Å²) >= 11 is 0. The third-order valence-corrected chi connectivity index (χ3v) is 2.61. The average Bonchev–Trinajstić information content (AvgIpc) is 3.02. The van der Waals surface area contributed by atoms with E-state index in [4.69, 9.17) is 4.52 Å². The number of hydrogen-bond acceptors (Lipinski definition) is 7. The minimum absolute atomic E-state index is 0.0549. The largest absolute Gasteiger partial charge is 0.353 e. The highest BCUT2D eigenvalue weighted by atomic mass is 16.5. The van der Waals surface area contributed by atoms with Gasteiger partial charge in [0, 0.05) is 13.1 Å². The van der Waals surface area contributed by atoms with Crippen LogP contribution in [-0.4, -0.2) is 50.4 Å². The Balaban J connectivity index is 1.72. The van der Waals surface area contributed by atoms with Crippen molar-refractivity contribution in [3.8, 4) is 11.6 Å². The second kappa shape index (κ2) is 4.53. The summed E-state index contributed by atoms with van der Waals surface area (Å²) in [6, 6.07) is -0.332. The molecule has 3 heterocycles. The van der Waals surface area contributed by atoms with E-state index in [0.29, 0.717) is 30.5 Å². The molecule has 0 radical (unpaired) electrons. The fourth-order valence-corrected chi connectivity index (χ4v) is 1.73. The van der Waals surface area contributed by atoms with Crippen molar-refractivity contribution in [3.05, 3.63) is 12.2 Å². The highest BCUT2D eigenvalue weighted by Gasteiger charge is 2.24. The molecule has 1 aliphatic rings. The molecule has 1 unspecified atom stereocenters. The highest BCUT2D eigenvalue weighted by molar-refractivity contribution is 5.82. The van der Waals surface area contributed by atoms with E-state index in [9.17, 15) is 4.79 Å². The van der Waals surface area contributed by atoms with E-state index in [2.05, 4.69) is 36.0 Å². The third kappa shape index (κ3) is 2.07. The van der Waals surface area contributed by atoms with E-state index in [0.717, 1.165) is 6.54 Å². The van der Waals surface area contributed by atoms with Crippen molar-refractivity contribution in [1.82, 2.24) is 36.0 Å². The lowest BCUT2D eigenvalue weighted by Crippen LogP contribution is -2.53. The number of aromatic amines is 1. The standard InChI is InChI=1S/C9H11N7O2/c17-9-5(10-1-2-11-9)3-6-14-8(16-18-6)7-12-4-13-15-7/h4-5,10H,1-3H2,(H,11,17)(H,12,13,15). The van der Waals surface area contributed by atoms with Crippen LogP contribution in [-0.2, 0) is 11.2 Å². The first-order valence-corrected chi connectivity index (χ1v) is 5.52. The van der Waals surface area contributed by atoms with Gasteiger partial charge < -0.3 is 15.2 Å². The Bertz CT molecular complexity index is 535. The predicted molar refractivity (Wildman–Crippen MR) is 58.2 cm³/mol. The van der Waals surface area contributed by atoms with Gasteiger partial charge in [-0.2, -0.15) is 10.1 Å². The maximum atomic E-state index is 11.5. The Morgan fingerprint density at radius 1 is 1.44 bits per heavy atom. The van der Waals surface area contributed by atoms with Crippen molar-refractivity contribution >= 4 is 5.91 Å². The molecule has 3 rings (SSSR count). The average molecular weight is 249 g/mol. The molecule has 1 atom stereocenters. The van der Waals surface area contributed by atoms with E-state index in [-0.39, 0.29) is 11.9 Å². The van der Waals surface area contributed by atoms with Crippen molar-refractivity contribution in [1.29, 1.82) is 0 Å². The quantitative estimate of drug-likeness (QED) is 0.604. The van der Waals surface area contributed by atoms with Gasteiger partial charge in [-0.25, -0.2) is 4.98 Å². The van der Waals surface area contributed by atoms with E-state index in [1.54, 1.807) is 0 Å². The molecule has 18 heavy (non-hydrogen) atoms. The molecule has 1 amide bonds. The number of aromatic nitrogens is 5. The number of carbonyl (C=O) groups excluding carboxylic acids is 1. The lowest BCUT2D eigenvalue weighted by molar-refractivity contribution is -0.124. The van der Waals surface area contributed by atoms with E-state index in [1.807, 2.05) is 0 Å². The summed E-state index contributed by atoms with van der Waals surface area (Å²) in [6.45, 7) is 1.38. The molecule has 3 N–H and O–H groups in total. The zero-order chi connectivity index (χ0) is 12.4. The SMILES string of the molecule is O=C1NCCNC1Cc1nc(-c2ncn[nH]2)no1. The van der Waals surface area contributed by atoms with Crippen LogP contribution in [0.1, 0.15) is 5.89 Å². The summed E-state index contributed by atoms with van der Waals surface area (Å²) in [5.74, 6) is 1.10. The number of amides is 1. The second-order valence-corrected chi connectivity index (χ2v) is 3.85. The van der Waals surface area contributed by atoms with Crippen molar-refractivity contribution < 1.29 is 9.32 Å². The predicted octanol–water partition coefficient (Wildman–Crippen LogP) is -1.51. The van der Waals surface area contributed by atoms with Crippen molar-refractivity contribution in [2.24, 2.45) is 0 Å². The zero-order valence-corrected chi connectivity index (χ0v) is 9.38. The molecule has 0 aromatic carbocycles. The normalized spacial score (nSPS) is 19.8. The fourth-order valence-electron chi connectivity index (χ4n) is 1.73. The number of carbonyl (C=O) groups is 1. The monoisotopic (exact) mass is 249 g/mol. The summed E-state index contributed by atoms with van der Waals surface area (Å²) in [7, 11) is 0. The van der Waals surface area contributed by atoms with Gasteiger partial charge in [0.2, 0.25) is 17.6 Å². The second-order valence-electron chi connectivity index (χ2n) is 3.85. The van der Waals surface area contributed by atoms with Gasteiger partial charge >= 0.3 is 0 Å². The van der Waals surface area contributed by atoms with Crippen LogP contribution in [0.25, 0.3) is 11.6 Å². The minimum atomic E-state index is -0.332. The van der Waals surface area contributed by atoms with Crippen LogP contribution in [0.15, 0.2) is 10.9 Å². The molecule has 94 valence electrons. The maximum absolute atomic E-state index is 11.5. The molecule has 2 aromatic rings. The number of H-pyrrole nitrogens is 1. The van der Waals surface area contributed by atoms with Gasteiger partial charge in [0.25, 0.3) is 0 Å². The minimum Gasteiger partial charge on any atom is -0.353 e. The van der Waals surface area contributed by atoms with Gasteiger partial charge in [-0.3, -0.25) is 9.89 Å². The molecule has 9 heteroatoms. The van der Waals surface area contributed by atoms with Crippen LogP contribution in [0, 0.1) is 0 Å². The van der Waals surface area contributed by atoms with Gasteiger partial charge in [0.05, 0.1) is 12.5 Å². The Kier molecular flexibility index (Phi) is 2.73. The fraction of sp³-hybridized carbons (Fsp3) is 0.444. The Morgan fingerprint density at radius 3 is 3.17 bits per heavy atom. The third-order valence-electron chi connectivity index (χ3n) is 2.61. The van der Waals surface area contributed by atoms with E-state index < -0.39 is 0 Å². The van der Waals surface area contributed by atoms with Crippen molar-refractivity contribution in [2.45, 2.75) is 12.5 Å². The summed E-state index contributed by atoms with van der Waals surface area (Å²) in [4.78, 5) is 19.6. The molecule has 1 saturated heterocycles. The number of nitrogens with zero attached hydrogens (tertiary/aromatic N) is 4. The Morgan fingerprint density at radius 2 is 2.39 bits per heavy atom. The number of nitrogens with one attached hydrogen (secondary N) is 3. The lowest BCUT2D eigenvalue weighted by Gasteiger charge is -2.21. The summed E-state index contributed by atoms with van der Waals surface area (Å²) in [5, 5.41) is 16.0. The van der Waals surface area contributed by atoms with Crippen LogP contribution in [0.2, 0.25) is 0 Å². The number of hydrogen-bond donors (Lipinski definition) is 3. The molecule has 1 aliphatic heterocycles. The molecule has 1 fully saturated rings. The summed E-state index contributed by atoms with van der Waals surface area (Å²) in [6.07, 6.45) is 1.72. The van der Waals surface area contributed by atoms with Gasteiger partial charge in [-0.05, 0) is 0 Å². The Hall–Kier alpha value is -2.29. The molecule has 0 bridgehead atoms. The first-order chi connectivity index (χ1) is 8.83. The molecular weight excluding hydrogens is 238 g/mol. The van der Waals surface area contributed by atoms with Crippen molar-refractivity contribution in [2.75, 3.05) is 13.1 Å². The number of piperazine rings is 1. The molecule has 9 nitrogen and oxygen atoms in total. The smallest absolute Gasteiger partial charge is 0.239 e. The van der Waals surface area contributed by atoms with E-state index in [1.165, 1.54) is 6.33 Å². The molecule has 2 aromatic heterocycles. The topological polar surface area (TPSA) is 122 Å². The first-order valence-electron chi connectivity index (χ1n) is 5.52. The zero-order valence-electron chi connectivity index (χ0n) is 9.38. The van der Waals surface area contributed by atoms with Crippen LogP contribution in [0.5, 0.6) is 0 Å². The molecular formula is C9H11N7O2.